The monoisotopic (exact) mass is 283 g/mol. The Bertz CT molecular complexity index is 647. The molecule has 4 nitrogen and oxygen atoms in total. The van der Waals surface area contributed by atoms with E-state index in [1.54, 1.807) is 18.2 Å². The molecule has 0 aromatic heterocycles. The van der Waals surface area contributed by atoms with Gasteiger partial charge in [0.15, 0.2) is 5.78 Å². The van der Waals surface area contributed by atoms with Crippen LogP contribution in [0, 0.1) is 0 Å². The van der Waals surface area contributed by atoms with Crippen LogP contribution in [0.15, 0.2) is 48.5 Å². The Hall–Kier alpha value is -2.46. The summed E-state index contributed by atoms with van der Waals surface area (Å²) in [4.78, 5) is 23.4. The van der Waals surface area contributed by atoms with Gasteiger partial charge in [-0.15, -0.1) is 0 Å². The molecule has 0 aliphatic carbocycles. The van der Waals surface area contributed by atoms with E-state index in [0.29, 0.717) is 0 Å². The molecule has 0 aliphatic rings. The van der Waals surface area contributed by atoms with E-state index in [2.05, 4.69) is 5.32 Å². The van der Waals surface area contributed by atoms with Gasteiger partial charge in [0.2, 0.25) is 0 Å². The van der Waals surface area contributed by atoms with Gasteiger partial charge >= 0.3 is 5.97 Å². The summed E-state index contributed by atoms with van der Waals surface area (Å²) in [6, 6.07) is 14.0. The van der Waals surface area contributed by atoms with E-state index in [1.807, 2.05) is 31.3 Å². The molecule has 0 heterocycles. The average Bonchev–Trinajstić information content (AvgIpc) is 2.49. The van der Waals surface area contributed by atoms with Crippen LogP contribution in [0.5, 0.6) is 0 Å². The lowest BCUT2D eigenvalue weighted by molar-refractivity contribution is 0.0692. The van der Waals surface area contributed by atoms with Crippen molar-refractivity contribution in [2.45, 2.75) is 13.0 Å². The molecule has 108 valence electrons. The zero-order valence-electron chi connectivity index (χ0n) is 11.8. The van der Waals surface area contributed by atoms with Gasteiger partial charge in [0, 0.05) is 18.5 Å². The topological polar surface area (TPSA) is 66.4 Å². The number of aromatic carboxylic acids is 1. The van der Waals surface area contributed by atoms with Crippen LogP contribution in [-0.4, -0.2) is 23.9 Å². The summed E-state index contributed by atoms with van der Waals surface area (Å²) in [5.41, 5.74) is 2.32. The number of hydrogen-bond acceptors (Lipinski definition) is 3. The van der Waals surface area contributed by atoms with Gasteiger partial charge in [-0.1, -0.05) is 42.5 Å². The molecule has 0 saturated carbocycles. The summed E-state index contributed by atoms with van der Waals surface area (Å²) in [7, 11) is 1.88. The first-order valence-corrected chi connectivity index (χ1v) is 6.69. The van der Waals surface area contributed by atoms with Crippen LogP contribution in [-0.2, 0) is 13.0 Å². The Kier molecular flexibility index (Phi) is 4.85. The zero-order valence-corrected chi connectivity index (χ0v) is 11.8. The zero-order chi connectivity index (χ0) is 15.2. The van der Waals surface area contributed by atoms with E-state index in [9.17, 15) is 9.59 Å². The summed E-state index contributed by atoms with van der Waals surface area (Å²) >= 11 is 0. The predicted molar refractivity (Wildman–Crippen MR) is 80.6 cm³/mol. The summed E-state index contributed by atoms with van der Waals surface area (Å²) in [6.45, 7) is 0.774. The van der Waals surface area contributed by atoms with Crippen LogP contribution >= 0.6 is 0 Å². The Labute approximate surface area is 123 Å². The van der Waals surface area contributed by atoms with Crippen LogP contribution < -0.4 is 5.32 Å². The molecule has 0 unspecified atom stereocenters. The van der Waals surface area contributed by atoms with Crippen molar-refractivity contribution < 1.29 is 14.7 Å². The summed E-state index contributed by atoms with van der Waals surface area (Å²) in [5, 5.41) is 12.2. The maximum absolute atomic E-state index is 12.3. The fourth-order valence-corrected chi connectivity index (χ4v) is 2.17. The third-order valence-electron chi connectivity index (χ3n) is 3.23. The Balaban J connectivity index is 2.16. The molecule has 0 atom stereocenters. The van der Waals surface area contributed by atoms with Gasteiger partial charge in [-0.2, -0.15) is 0 Å². The lowest BCUT2D eigenvalue weighted by Crippen LogP contribution is -2.11. The van der Waals surface area contributed by atoms with Gasteiger partial charge in [-0.25, -0.2) is 4.79 Å². The van der Waals surface area contributed by atoms with Gasteiger partial charge in [0.25, 0.3) is 0 Å². The third-order valence-corrected chi connectivity index (χ3v) is 3.23. The highest BCUT2D eigenvalue weighted by Gasteiger charge is 2.15. The quantitative estimate of drug-likeness (QED) is 0.799. The second kappa shape index (κ2) is 6.81. The lowest BCUT2D eigenvalue weighted by Gasteiger charge is -2.06. The summed E-state index contributed by atoms with van der Waals surface area (Å²) < 4.78 is 0. The molecule has 4 heteroatoms. The van der Waals surface area contributed by atoms with Crippen LogP contribution in [0.2, 0.25) is 0 Å². The Morgan fingerprint density at radius 3 is 2.10 bits per heavy atom. The number of carbonyl (C=O) groups is 2. The van der Waals surface area contributed by atoms with Crippen molar-refractivity contribution in [1.82, 2.24) is 5.32 Å². The number of rotatable bonds is 6. The van der Waals surface area contributed by atoms with E-state index in [4.69, 9.17) is 5.11 Å². The van der Waals surface area contributed by atoms with Gasteiger partial charge in [-0.05, 0) is 24.2 Å². The highest BCUT2D eigenvalue weighted by atomic mass is 16.4. The van der Waals surface area contributed by atoms with Crippen molar-refractivity contribution in [2.75, 3.05) is 7.05 Å². The molecule has 21 heavy (non-hydrogen) atoms. The Morgan fingerprint density at radius 1 is 0.952 bits per heavy atom. The molecule has 0 saturated heterocycles. The Morgan fingerprint density at radius 2 is 1.52 bits per heavy atom. The number of benzene rings is 2. The highest BCUT2D eigenvalue weighted by molar-refractivity contribution is 6.06. The number of nitrogens with one attached hydrogen (secondary N) is 1. The number of hydrogen-bond donors (Lipinski definition) is 2. The van der Waals surface area contributed by atoms with Crippen molar-refractivity contribution in [3.8, 4) is 0 Å². The predicted octanol–water partition coefficient (Wildman–Crippen LogP) is 2.53. The van der Waals surface area contributed by atoms with Gasteiger partial charge in [-0.3, -0.25) is 4.79 Å². The largest absolute Gasteiger partial charge is 0.478 e. The molecule has 0 aliphatic heterocycles. The highest BCUT2D eigenvalue weighted by Crippen LogP contribution is 2.13. The molecule has 0 spiro atoms. The molecule has 0 radical (unpaired) electrons. The molecule has 0 bridgehead atoms. The maximum Gasteiger partial charge on any atom is 0.336 e. The van der Waals surface area contributed by atoms with E-state index in [0.717, 1.165) is 17.7 Å². The van der Waals surface area contributed by atoms with Crippen molar-refractivity contribution in [2.24, 2.45) is 0 Å². The normalized spacial score (nSPS) is 10.3. The van der Waals surface area contributed by atoms with Crippen molar-refractivity contribution >= 4 is 11.8 Å². The number of carboxylic acid groups (broad SMARTS) is 1. The molecule has 0 fully saturated rings. The summed E-state index contributed by atoms with van der Waals surface area (Å²) in [6.07, 6.45) is 0.199. The van der Waals surface area contributed by atoms with Gasteiger partial charge in [0.1, 0.15) is 0 Å². The lowest BCUT2D eigenvalue weighted by atomic mass is 9.98. The van der Waals surface area contributed by atoms with E-state index in [1.165, 1.54) is 6.07 Å². The minimum absolute atomic E-state index is 0.0503. The minimum Gasteiger partial charge on any atom is -0.478 e. The van der Waals surface area contributed by atoms with E-state index < -0.39 is 5.97 Å². The second-order valence-corrected chi connectivity index (χ2v) is 4.80. The third kappa shape index (κ3) is 3.77. The summed E-state index contributed by atoms with van der Waals surface area (Å²) in [5.74, 6) is -1.27. The van der Waals surface area contributed by atoms with Crippen LogP contribution in [0.25, 0.3) is 0 Å². The van der Waals surface area contributed by atoms with E-state index in [-0.39, 0.29) is 23.3 Å². The number of carboxylic acids is 1. The smallest absolute Gasteiger partial charge is 0.336 e. The van der Waals surface area contributed by atoms with Gasteiger partial charge in [0.05, 0.1) is 5.56 Å². The molecule has 2 N–H and O–H groups in total. The average molecular weight is 283 g/mol. The number of Topliss-reactive ketones (excluding diaryl/α,β-unsaturated/α-hetero) is 1. The first-order chi connectivity index (χ1) is 10.1. The minimum atomic E-state index is -1.08. The standard InChI is InChI=1S/C17H17NO3/c1-18-11-13-8-6-12(7-9-13)10-16(19)14-4-2-3-5-15(14)17(20)21/h2-9,18H,10-11H2,1H3,(H,20,21). The van der Waals surface area contributed by atoms with E-state index >= 15 is 0 Å². The molecule has 0 amide bonds. The van der Waals surface area contributed by atoms with Crippen molar-refractivity contribution in [3.05, 3.63) is 70.8 Å². The molecule has 2 rings (SSSR count). The fourth-order valence-electron chi connectivity index (χ4n) is 2.17. The first-order valence-electron chi connectivity index (χ1n) is 6.69. The van der Waals surface area contributed by atoms with Gasteiger partial charge < -0.3 is 10.4 Å². The molecular formula is C17H17NO3. The molecular weight excluding hydrogens is 266 g/mol. The second-order valence-electron chi connectivity index (χ2n) is 4.80. The van der Waals surface area contributed by atoms with Crippen LogP contribution in [0.1, 0.15) is 31.8 Å². The number of ketones is 1. The van der Waals surface area contributed by atoms with Crippen LogP contribution in [0.4, 0.5) is 0 Å². The SMILES string of the molecule is CNCc1ccc(CC(=O)c2ccccc2C(=O)O)cc1. The molecule has 2 aromatic carbocycles. The first kappa shape index (κ1) is 14.9. The van der Waals surface area contributed by atoms with Crippen molar-refractivity contribution in [1.29, 1.82) is 0 Å². The van der Waals surface area contributed by atoms with Crippen LogP contribution in [0.3, 0.4) is 0 Å². The fraction of sp³-hybridized carbons (Fsp3) is 0.176. The van der Waals surface area contributed by atoms with Crippen molar-refractivity contribution in [3.63, 3.8) is 0 Å². The number of carbonyl (C=O) groups excluding carboxylic acids is 1. The molecule has 2 aromatic rings. The maximum atomic E-state index is 12.3.